The largest absolute Gasteiger partial charge is 0.385 e. The van der Waals surface area contributed by atoms with E-state index < -0.39 is 9.84 Å². The quantitative estimate of drug-likeness (QED) is 0.734. The van der Waals surface area contributed by atoms with Crippen LogP contribution in [0.1, 0.15) is 30.8 Å². The maximum Gasteiger partial charge on any atom is 0.272 e. The Kier molecular flexibility index (Phi) is 6.61. The number of hydrogen-bond donors (Lipinski definition) is 1. The zero-order valence-corrected chi connectivity index (χ0v) is 13.6. The minimum absolute atomic E-state index is 0.0974. The molecule has 0 bridgehead atoms. The number of carbonyl (C=O) groups is 1. The van der Waals surface area contributed by atoms with Crippen molar-refractivity contribution in [3.8, 4) is 0 Å². The Morgan fingerprint density at radius 2 is 2.00 bits per heavy atom. The maximum absolute atomic E-state index is 12.2. The smallest absolute Gasteiger partial charge is 0.272 e. The van der Waals surface area contributed by atoms with Gasteiger partial charge < -0.3 is 10.2 Å². The van der Waals surface area contributed by atoms with Gasteiger partial charge >= 0.3 is 0 Å². The monoisotopic (exact) mass is 313 g/mol. The lowest BCUT2D eigenvalue weighted by Gasteiger charge is -2.18. The van der Waals surface area contributed by atoms with Gasteiger partial charge in [-0.25, -0.2) is 8.42 Å². The van der Waals surface area contributed by atoms with E-state index in [0.717, 1.165) is 5.69 Å². The van der Waals surface area contributed by atoms with Crippen LogP contribution in [-0.4, -0.2) is 55.9 Å². The second-order valence-corrected chi connectivity index (χ2v) is 7.08. The summed E-state index contributed by atoms with van der Waals surface area (Å²) in [5, 5.41) is 3.11. The molecule has 7 heteroatoms. The number of hydrogen-bond acceptors (Lipinski definition) is 5. The fourth-order valence-electron chi connectivity index (χ4n) is 1.90. The van der Waals surface area contributed by atoms with Gasteiger partial charge in [-0.2, -0.15) is 0 Å². The van der Waals surface area contributed by atoms with Gasteiger partial charge in [-0.3, -0.25) is 9.78 Å². The molecule has 1 N–H and O–H groups in total. The minimum Gasteiger partial charge on any atom is -0.385 e. The molecule has 1 aromatic heterocycles. The van der Waals surface area contributed by atoms with Crippen molar-refractivity contribution in [2.45, 2.75) is 20.3 Å². The zero-order valence-electron chi connectivity index (χ0n) is 12.8. The van der Waals surface area contributed by atoms with Crippen molar-refractivity contribution >= 4 is 21.4 Å². The minimum atomic E-state index is -2.93. The van der Waals surface area contributed by atoms with E-state index in [0.29, 0.717) is 31.7 Å². The molecule has 1 aromatic rings. The zero-order chi connectivity index (χ0) is 15.9. The molecule has 0 fully saturated rings. The first kappa shape index (κ1) is 17.4. The van der Waals surface area contributed by atoms with Crippen LogP contribution in [-0.2, 0) is 9.84 Å². The Hall–Kier alpha value is -1.63. The molecular formula is C14H23N3O3S. The predicted octanol–water partition coefficient (Wildman–Crippen LogP) is 1.41. The van der Waals surface area contributed by atoms with Crippen LogP contribution in [0.5, 0.6) is 0 Å². The van der Waals surface area contributed by atoms with E-state index in [4.69, 9.17) is 0 Å². The van der Waals surface area contributed by atoms with Crippen molar-refractivity contribution in [2.75, 3.05) is 37.0 Å². The van der Waals surface area contributed by atoms with Gasteiger partial charge in [0.15, 0.2) is 0 Å². The summed E-state index contributed by atoms with van der Waals surface area (Å²) in [7, 11) is -2.93. The van der Waals surface area contributed by atoms with E-state index in [1.54, 1.807) is 23.2 Å². The molecule has 0 unspecified atom stereocenters. The van der Waals surface area contributed by atoms with E-state index in [1.807, 2.05) is 13.8 Å². The number of amides is 1. The molecule has 0 saturated carbocycles. The molecule has 118 valence electrons. The first-order valence-electron chi connectivity index (χ1n) is 7.04. The second kappa shape index (κ2) is 7.97. The Bertz CT molecular complexity index is 569. The third-order valence-corrected chi connectivity index (χ3v) is 4.08. The highest BCUT2D eigenvalue weighted by atomic mass is 32.2. The summed E-state index contributed by atoms with van der Waals surface area (Å²) in [6.07, 6.45) is 3.33. The molecule has 1 heterocycles. The summed E-state index contributed by atoms with van der Waals surface area (Å²) in [5.41, 5.74) is 1.17. The van der Waals surface area contributed by atoms with Gasteiger partial charge in [-0.1, -0.05) is 0 Å². The van der Waals surface area contributed by atoms with E-state index in [2.05, 4.69) is 10.3 Å². The summed E-state index contributed by atoms with van der Waals surface area (Å²) in [6, 6.07) is 3.46. The number of anilines is 1. The van der Waals surface area contributed by atoms with Gasteiger partial charge in [0.2, 0.25) is 0 Å². The van der Waals surface area contributed by atoms with Crippen molar-refractivity contribution in [1.82, 2.24) is 9.88 Å². The average Bonchev–Trinajstić information content (AvgIpc) is 2.44. The van der Waals surface area contributed by atoms with Crippen LogP contribution in [0, 0.1) is 0 Å². The number of pyridine rings is 1. The van der Waals surface area contributed by atoms with Gasteiger partial charge in [0, 0.05) is 37.8 Å². The third-order valence-electron chi connectivity index (χ3n) is 3.05. The van der Waals surface area contributed by atoms with Gasteiger partial charge in [-0.05, 0) is 32.4 Å². The van der Waals surface area contributed by atoms with Crippen LogP contribution in [0.15, 0.2) is 18.3 Å². The van der Waals surface area contributed by atoms with Crippen LogP contribution in [0.4, 0.5) is 5.69 Å². The molecule has 6 nitrogen and oxygen atoms in total. The topological polar surface area (TPSA) is 79.4 Å². The lowest BCUT2D eigenvalue weighted by molar-refractivity contribution is 0.0767. The molecule has 1 amide bonds. The molecule has 0 radical (unpaired) electrons. The van der Waals surface area contributed by atoms with E-state index in [9.17, 15) is 13.2 Å². The second-order valence-electron chi connectivity index (χ2n) is 4.82. The summed E-state index contributed by atoms with van der Waals surface area (Å²) >= 11 is 0. The average molecular weight is 313 g/mol. The summed E-state index contributed by atoms with van der Waals surface area (Å²) in [5.74, 6) is 0.0517. The number of nitrogens with one attached hydrogen (secondary N) is 1. The Balaban J connectivity index is 2.62. The van der Waals surface area contributed by atoms with Gasteiger partial charge in [-0.15, -0.1) is 0 Å². The lowest BCUT2D eigenvalue weighted by atomic mass is 10.2. The summed E-state index contributed by atoms with van der Waals surface area (Å²) < 4.78 is 22.1. The van der Waals surface area contributed by atoms with E-state index >= 15 is 0 Å². The lowest BCUT2D eigenvalue weighted by Crippen LogP contribution is -2.31. The van der Waals surface area contributed by atoms with Crippen molar-refractivity contribution in [1.29, 1.82) is 0 Å². The molecule has 21 heavy (non-hydrogen) atoms. The highest BCUT2D eigenvalue weighted by molar-refractivity contribution is 7.90. The number of aromatic nitrogens is 1. The summed E-state index contributed by atoms with van der Waals surface area (Å²) in [6.45, 7) is 5.67. The van der Waals surface area contributed by atoms with Gasteiger partial charge in [0.05, 0.1) is 5.75 Å². The highest BCUT2D eigenvalue weighted by Gasteiger charge is 2.14. The SMILES string of the molecule is CCN(CC)C(=O)c1cc(NCCCS(C)(=O)=O)ccn1. The van der Waals surface area contributed by atoms with Crippen LogP contribution in [0.25, 0.3) is 0 Å². The highest BCUT2D eigenvalue weighted by Crippen LogP contribution is 2.10. The van der Waals surface area contributed by atoms with Crippen LogP contribution in [0.2, 0.25) is 0 Å². The van der Waals surface area contributed by atoms with Crippen LogP contribution in [0.3, 0.4) is 0 Å². The predicted molar refractivity (Wildman–Crippen MR) is 84.3 cm³/mol. The third kappa shape index (κ3) is 6.12. The van der Waals surface area contributed by atoms with E-state index in [1.165, 1.54) is 6.26 Å². The number of sulfone groups is 1. The molecule has 0 saturated heterocycles. The molecule has 0 aliphatic carbocycles. The normalized spacial score (nSPS) is 11.2. The molecular weight excluding hydrogens is 290 g/mol. The molecule has 0 aliphatic rings. The Labute approximate surface area is 126 Å². The molecule has 0 aliphatic heterocycles. The first-order chi connectivity index (χ1) is 9.87. The van der Waals surface area contributed by atoms with Crippen LogP contribution >= 0.6 is 0 Å². The number of carbonyl (C=O) groups excluding carboxylic acids is 1. The standard InChI is InChI=1S/C14H23N3O3S/c1-4-17(5-2)14(18)13-11-12(7-9-16-13)15-8-6-10-21(3,19)20/h7,9,11H,4-6,8,10H2,1-3H3,(H,15,16). The molecule has 0 atom stereocenters. The van der Waals surface area contributed by atoms with E-state index in [-0.39, 0.29) is 11.7 Å². The Morgan fingerprint density at radius 3 is 2.57 bits per heavy atom. The fourth-order valence-corrected chi connectivity index (χ4v) is 2.57. The first-order valence-corrected chi connectivity index (χ1v) is 9.10. The fraction of sp³-hybridized carbons (Fsp3) is 0.571. The van der Waals surface area contributed by atoms with Crippen molar-refractivity contribution in [3.63, 3.8) is 0 Å². The van der Waals surface area contributed by atoms with Crippen molar-refractivity contribution in [2.24, 2.45) is 0 Å². The number of nitrogens with zero attached hydrogens (tertiary/aromatic N) is 2. The number of rotatable bonds is 8. The molecule has 0 spiro atoms. The van der Waals surface area contributed by atoms with Crippen molar-refractivity contribution < 1.29 is 13.2 Å². The van der Waals surface area contributed by atoms with Gasteiger partial charge in [0.25, 0.3) is 5.91 Å². The maximum atomic E-state index is 12.2. The molecule has 1 rings (SSSR count). The Morgan fingerprint density at radius 1 is 1.33 bits per heavy atom. The van der Waals surface area contributed by atoms with Crippen molar-refractivity contribution in [3.05, 3.63) is 24.0 Å². The van der Waals surface area contributed by atoms with Gasteiger partial charge in [0.1, 0.15) is 15.5 Å². The van der Waals surface area contributed by atoms with Crippen LogP contribution < -0.4 is 5.32 Å². The molecule has 0 aromatic carbocycles. The summed E-state index contributed by atoms with van der Waals surface area (Å²) in [4.78, 5) is 18.0.